The first-order valence-electron chi connectivity index (χ1n) is 7.14. The molecule has 0 aromatic heterocycles. The number of carbonyl (C=O) groups is 1. The van der Waals surface area contributed by atoms with Crippen LogP contribution in [0.15, 0.2) is 35.3 Å². The Balaban J connectivity index is 2.02. The molecule has 0 radical (unpaired) electrons. The summed E-state index contributed by atoms with van der Waals surface area (Å²) in [5, 5.41) is 0. The van der Waals surface area contributed by atoms with Crippen molar-refractivity contribution >= 4 is 22.1 Å². The third-order valence-corrected chi connectivity index (χ3v) is 4.31. The SMILES string of the molecule is C[C@@H]1C(OS(=O)(=O)C(F)(F)F)=NCCN1C(=O)OCc1ccccc1. The smallest absolute Gasteiger partial charge is 0.445 e. The average Bonchev–Trinajstić information content (AvgIpc) is 2.54. The zero-order chi connectivity index (χ0) is 18.7. The van der Waals surface area contributed by atoms with Crippen molar-refractivity contribution < 1.29 is 35.3 Å². The molecule has 0 spiro atoms. The molecule has 1 aliphatic heterocycles. The minimum Gasteiger partial charge on any atom is -0.445 e. The Kier molecular flexibility index (Phi) is 5.55. The molecule has 1 amide bonds. The van der Waals surface area contributed by atoms with Crippen molar-refractivity contribution in [2.24, 2.45) is 4.99 Å². The van der Waals surface area contributed by atoms with Gasteiger partial charge in [-0.05, 0) is 12.5 Å². The van der Waals surface area contributed by atoms with Crippen LogP contribution in [0.4, 0.5) is 18.0 Å². The van der Waals surface area contributed by atoms with Gasteiger partial charge in [-0.15, -0.1) is 0 Å². The fraction of sp³-hybridized carbons (Fsp3) is 0.429. The minimum absolute atomic E-state index is 0.0307. The van der Waals surface area contributed by atoms with Crippen LogP contribution in [0, 0.1) is 0 Å². The first-order chi connectivity index (χ1) is 11.6. The summed E-state index contributed by atoms with van der Waals surface area (Å²) in [5.41, 5.74) is -4.85. The van der Waals surface area contributed by atoms with Crippen LogP contribution in [0.3, 0.4) is 0 Å². The highest BCUT2D eigenvalue weighted by Crippen LogP contribution is 2.26. The molecule has 0 N–H and O–H groups in total. The molecule has 7 nitrogen and oxygen atoms in total. The van der Waals surface area contributed by atoms with Crippen LogP contribution in [0.2, 0.25) is 0 Å². The molecule has 1 aliphatic rings. The van der Waals surface area contributed by atoms with Crippen LogP contribution >= 0.6 is 0 Å². The lowest BCUT2D eigenvalue weighted by atomic mass is 10.2. The van der Waals surface area contributed by atoms with Gasteiger partial charge < -0.3 is 8.92 Å². The number of alkyl halides is 3. The van der Waals surface area contributed by atoms with Crippen LogP contribution in [-0.2, 0) is 25.6 Å². The number of amides is 1. The standard InChI is InChI=1S/C14H15F3N2O5S/c1-10-12(24-25(21,22)14(15,16)17)18-7-8-19(10)13(20)23-9-11-5-3-2-4-6-11/h2-6,10H,7-9H2,1H3/t10-/m1/s1. The third kappa shape index (κ3) is 4.62. The number of halogens is 3. The van der Waals surface area contributed by atoms with Gasteiger partial charge in [0.25, 0.3) is 0 Å². The van der Waals surface area contributed by atoms with Gasteiger partial charge in [0.2, 0.25) is 5.90 Å². The number of benzene rings is 1. The maximum Gasteiger partial charge on any atom is 0.534 e. The van der Waals surface area contributed by atoms with Gasteiger partial charge in [-0.25, -0.2) is 4.79 Å². The fourth-order valence-corrected chi connectivity index (χ4v) is 2.55. The summed E-state index contributed by atoms with van der Waals surface area (Å²) in [7, 11) is -5.84. The van der Waals surface area contributed by atoms with Crippen molar-refractivity contribution in [1.82, 2.24) is 4.90 Å². The van der Waals surface area contributed by atoms with E-state index in [1.165, 1.54) is 6.92 Å². The normalized spacial score (nSPS) is 18.5. The Morgan fingerprint density at radius 3 is 2.56 bits per heavy atom. The van der Waals surface area contributed by atoms with Gasteiger partial charge in [-0.1, -0.05) is 30.3 Å². The van der Waals surface area contributed by atoms with Gasteiger partial charge in [0.1, 0.15) is 12.6 Å². The van der Waals surface area contributed by atoms with E-state index >= 15 is 0 Å². The third-order valence-electron chi connectivity index (χ3n) is 3.35. The molecule has 0 bridgehead atoms. The summed E-state index contributed by atoms with van der Waals surface area (Å²) in [6.07, 6.45) is -0.809. The summed E-state index contributed by atoms with van der Waals surface area (Å²) in [6, 6.07) is 7.66. The second-order valence-corrected chi connectivity index (χ2v) is 6.65. The Bertz CT molecular complexity index is 749. The van der Waals surface area contributed by atoms with Crippen molar-refractivity contribution in [3.63, 3.8) is 0 Å². The van der Waals surface area contributed by atoms with Gasteiger partial charge in [0.05, 0.1) is 6.54 Å². The lowest BCUT2D eigenvalue weighted by Gasteiger charge is -2.31. The molecule has 0 saturated heterocycles. The highest BCUT2D eigenvalue weighted by atomic mass is 32.2. The largest absolute Gasteiger partial charge is 0.534 e. The second kappa shape index (κ2) is 7.30. The Hall–Kier alpha value is -2.30. The van der Waals surface area contributed by atoms with Crippen molar-refractivity contribution in [3.05, 3.63) is 35.9 Å². The maximum atomic E-state index is 12.4. The zero-order valence-corrected chi connectivity index (χ0v) is 13.9. The maximum absolute atomic E-state index is 12.4. The number of aliphatic imine (C=N–C) groups is 1. The summed E-state index contributed by atoms with van der Waals surface area (Å²) in [5.74, 6) is -0.708. The van der Waals surface area contributed by atoms with Crippen molar-refractivity contribution in [3.8, 4) is 0 Å². The van der Waals surface area contributed by atoms with E-state index in [0.717, 1.165) is 10.5 Å². The highest BCUT2D eigenvalue weighted by molar-refractivity contribution is 7.88. The van der Waals surface area contributed by atoms with Crippen LogP contribution in [0.5, 0.6) is 0 Å². The molecule has 0 aliphatic carbocycles. The molecule has 1 heterocycles. The van der Waals surface area contributed by atoms with E-state index < -0.39 is 33.7 Å². The first-order valence-corrected chi connectivity index (χ1v) is 8.55. The van der Waals surface area contributed by atoms with Gasteiger partial charge in [-0.3, -0.25) is 9.89 Å². The molecule has 138 valence electrons. The molecule has 2 rings (SSSR count). The molecule has 25 heavy (non-hydrogen) atoms. The van der Waals surface area contributed by atoms with Crippen molar-refractivity contribution in [1.29, 1.82) is 0 Å². The summed E-state index contributed by atoms with van der Waals surface area (Å²) in [4.78, 5) is 16.8. The fourth-order valence-electron chi connectivity index (χ4n) is 2.03. The first kappa shape index (κ1) is 19.0. The molecular formula is C14H15F3N2O5S. The van der Waals surface area contributed by atoms with Crippen molar-refractivity contribution in [2.75, 3.05) is 13.1 Å². The number of hydrogen-bond donors (Lipinski definition) is 0. The van der Waals surface area contributed by atoms with E-state index in [1.54, 1.807) is 30.3 Å². The van der Waals surface area contributed by atoms with E-state index in [9.17, 15) is 26.4 Å². The van der Waals surface area contributed by atoms with Crippen LogP contribution in [-0.4, -0.2) is 49.9 Å². The van der Waals surface area contributed by atoms with Crippen LogP contribution in [0.1, 0.15) is 12.5 Å². The van der Waals surface area contributed by atoms with Gasteiger partial charge in [0, 0.05) is 6.54 Å². The highest BCUT2D eigenvalue weighted by Gasteiger charge is 2.50. The van der Waals surface area contributed by atoms with E-state index in [2.05, 4.69) is 9.18 Å². The predicted molar refractivity (Wildman–Crippen MR) is 81.2 cm³/mol. The predicted octanol–water partition coefficient (Wildman–Crippen LogP) is 2.29. The quantitative estimate of drug-likeness (QED) is 0.593. The Labute approximate surface area is 142 Å². The minimum atomic E-state index is -5.84. The van der Waals surface area contributed by atoms with E-state index in [4.69, 9.17) is 4.74 Å². The number of hydrogen-bond acceptors (Lipinski definition) is 6. The summed E-state index contributed by atoms with van der Waals surface area (Å²) < 4.78 is 68.5. The summed E-state index contributed by atoms with van der Waals surface area (Å²) in [6.45, 7) is 1.23. The van der Waals surface area contributed by atoms with Crippen LogP contribution in [0.25, 0.3) is 0 Å². The molecule has 0 unspecified atom stereocenters. The van der Waals surface area contributed by atoms with Crippen LogP contribution < -0.4 is 0 Å². The second-order valence-electron chi connectivity index (χ2n) is 5.11. The monoisotopic (exact) mass is 380 g/mol. The molecular weight excluding hydrogens is 365 g/mol. The molecule has 0 saturated carbocycles. The zero-order valence-electron chi connectivity index (χ0n) is 13.1. The van der Waals surface area contributed by atoms with Gasteiger partial charge in [-0.2, -0.15) is 21.6 Å². The topological polar surface area (TPSA) is 85.3 Å². The van der Waals surface area contributed by atoms with E-state index in [-0.39, 0.29) is 19.7 Å². The lowest BCUT2D eigenvalue weighted by molar-refractivity contribution is -0.0507. The molecule has 1 aromatic carbocycles. The Morgan fingerprint density at radius 1 is 1.32 bits per heavy atom. The number of ether oxygens (including phenoxy) is 1. The van der Waals surface area contributed by atoms with Gasteiger partial charge >= 0.3 is 21.7 Å². The molecule has 11 heteroatoms. The number of rotatable bonds is 3. The molecule has 1 aromatic rings. The van der Waals surface area contributed by atoms with Crippen molar-refractivity contribution in [2.45, 2.75) is 25.1 Å². The molecule has 0 fully saturated rings. The Morgan fingerprint density at radius 2 is 1.96 bits per heavy atom. The number of nitrogens with zero attached hydrogens (tertiary/aromatic N) is 2. The average molecular weight is 380 g/mol. The summed E-state index contributed by atoms with van der Waals surface area (Å²) >= 11 is 0. The number of carbonyl (C=O) groups excluding carboxylic acids is 1. The van der Waals surface area contributed by atoms with Gasteiger partial charge in [0.15, 0.2) is 0 Å². The lowest BCUT2D eigenvalue weighted by Crippen LogP contribution is -2.49. The van der Waals surface area contributed by atoms with E-state index in [1.807, 2.05) is 0 Å². The molecule has 1 atom stereocenters. The van der Waals surface area contributed by atoms with E-state index in [0.29, 0.717) is 0 Å².